The minimum absolute atomic E-state index is 0.179. The largest absolute Gasteiger partial charge is 0.469 e. The van der Waals surface area contributed by atoms with E-state index in [-0.39, 0.29) is 24.1 Å². The maximum atomic E-state index is 11.5. The highest BCUT2D eigenvalue weighted by atomic mass is 17.2. The number of rotatable bonds is 9. The minimum atomic E-state index is -0.234. The molecule has 1 fully saturated rings. The number of hydrogen-bond acceptors (Lipinski definition) is 4. The van der Waals surface area contributed by atoms with Gasteiger partial charge in [0.25, 0.3) is 0 Å². The van der Waals surface area contributed by atoms with E-state index in [2.05, 4.69) is 27.7 Å². The predicted molar refractivity (Wildman–Crippen MR) is 87.3 cm³/mol. The average Bonchev–Trinajstić information content (AvgIpc) is 2.53. The molecule has 0 aromatic carbocycles. The lowest BCUT2D eigenvalue weighted by Gasteiger charge is -2.42. The molecule has 0 aliphatic carbocycles. The summed E-state index contributed by atoms with van der Waals surface area (Å²) < 4.78 is 4.75. The van der Waals surface area contributed by atoms with Crippen molar-refractivity contribution in [2.45, 2.75) is 90.8 Å². The van der Waals surface area contributed by atoms with E-state index in [0.29, 0.717) is 11.8 Å². The van der Waals surface area contributed by atoms with Gasteiger partial charge >= 0.3 is 5.97 Å². The zero-order valence-electron chi connectivity index (χ0n) is 15.0. The molecule has 4 nitrogen and oxygen atoms in total. The van der Waals surface area contributed by atoms with Crippen LogP contribution in [0.4, 0.5) is 0 Å². The summed E-state index contributed by atoms with van der Waals surface area (Å²) in [6.07, 6.45) is 8.03. The van der Waals surface area contributed by atoms with Crippen molar-refractivity contribution >= 4 is 5.97 Å². The van der Waals surface area contributed by atoms with Gasteiger partial charge < -0.3 is 4.74 Å². The standard InChI is InChI=1S/C18H34O4/c1-6-9-10-14(7-2)12-18(4)13-15(8-3)16(21-22-18)11-17(19)20-5/h14-16H,6-13H2,1-5H3/t14?,15-,16+,18+/m0/s1. The molecule has 1 heterocycles. The van der Waals surface area contributed by atoms with Crippen LogP contribution in [-0.2, 0) is 19.3 Å². The van der Waals surface area contributed by atoms with Crippen LogP contribution < -0.4 is 0 Å². The minimum Gasteiger partial charge on any atom is -0.469 e. The topological polar surface area (TPSA) is 44.8 Å². The van der Waals surface area contributed by atoms with Crippen molar-refractivity contribution in [2.75, 3.05) is 7.11 Å². The summed E-state index contributed by atoms with van der Waals surface area (Å²) in [6, 6.07) is 0. The lowest BCUT2D eigenvalue weighted by Crippen LogP contribution is -2.45. The molecule has 0 spiro atoms. The van der Waals surface area contributed by atoms with Crippen LogP contribution in [0.1, 0.15) is 79.1 Å². The summed E-state index contributed by atoms with van der Waals surface area (Å²) in [7, 11) is 1.41. The average molecular weight is 314 g/mol. The summed E-state index contributed by atoms with van der Waals surface area (Å²) in [5.74, 6) is 0.801. The van der Waals surface area contributed by atoms with Crippen molar-refractivity contribution in [3.63, 3.8) is 0 Å². The lowest BCUT2D eigenvalue weighted by atomic mass is 9.78. The van der Waals surface area contributed by atoms with Crippen molar-refractivity contribution in [1.82, 2.24) is 0 Å². The van der Waals surface area contributed by atoms with Crippen LogP contribution in [0.5, 0.6) is 0 Å². The van der Waals surface area contributed by atoms with Gasteiger partial charge in [0.1, 0.15) is 11.7 Å². The van der Waals surface area contributed by atoms with Crippen molar-refractivity contribution in [3.8, 4) is 0 Å². The number of methoxy groups -OCH3 is 1. The zero-order chi connectivity index (χ0) is 16.6. The molecule has 4 heteroatoms. The maximum absolute atomic E-state index is 11.5. The van der Waals surface area contributed by atoms with Crippen molar-refractivity contribution in [3.05, 3.63) is 0 Å². The van der Waals surface area contributed by atoms with E-state index in [4.69, 9.17) is 14.5 Å². The van der Waals surface area contributed by atoms with Crippen LogP contribution in [0, 0.1) is 11.8 Å². The van der Waals surface area contributed by atoms with E-state index in [1.54, 1.807) is 0 Å². The molecule has 1 aliphatic rings. The smallest absolute Gasteiger partial charge is 0.308 e. The number of carbonyl (C=O) groups is 1. The summed E-state index contributed by atoms with van der Waals surface area (Å²) in [4.78, 5) is 22.9. The first-order valence-corrected chi connectivity index (χ1v) is 8.89. The van der Waals surface area contributed by atoms with Gasteiger partial charge in [-0.1, -0.05) is 52.9 Å². The summed E-state index contributed by atoms with van der Waals surface area (Å²) in [6.45, 7) is 8.79. The third kappa shape index (κ3) is 5.88. The molecule has 0 bridgehead atoms. The molecule has 4 atom stereocenters. The Morgan fingerprint density at radius 1 is 1.36 bits per heavy atom. The van der Waals surface area contributed by atoms with Crippen LogP contribution in [0.3, 0.4) is 0 Å². The lowest BCUT2D eigenvalue weighted by molar-refractivity contribution is -0.419. The van der Waals surface area contributed by atoms with Crippen molar-refractivity contribution in [2.24, 2.45) is 11.8 Å². The van der Waals surface area contributed by atoms with Crippen LogP contribution in [0.2, 0.25) is 0 Å². The Labute approximate surface area is 135 Å². The van der Waals surface area contributed by atoms with Gasteiger partial charge in [-0.3, -0.25) is 4.79 Å². The summed E-state index contributed by atoms with van der Waals surface area (Å²) in [5, 5.41) is 0. The van der Waals surface area contributed by atoms with Crippen LogP contribution in [0.15, 0.2) is 0 Å². The highest BCUT2D eigenvalue weighted by Crippen LogP contribution is 2.39. The first kappa shape index (κ1) is 19.4. The monoisotopic (exact) mass is 314 g/mol. The Balaban J connectivity index is 2.60. The Kier molecular flexibility index (Phi) is 8.40. The van der Waals surface area contributed by atoms with Gasteiger partial charge in [0.15, 0.2) is 0 Å². The molecule has 0 saturated carbocycles. The van der Waals surface area contributed by atoms with Crippen LogP contribution in [-0.4, -0.2) is 24.8 Å². The van der Waals surface area contributed by atoms with Gasteiger partial charge in [-0.2, -0.15) is 0 Å². The molecule has 1 saturated heterocycles. The van der Waals surface area contributed by atoms with Gasteiger partial charge in [0.05, 0.1) is 13.5 Å². The zero-order valence-corrected chi connectivity index (χ0v) is 15.0. The third-order valence-corrected chi connectivity index (χ3v) is 4.98. The Morgan fingerprint density at radius 2 is 2.09 bits per heavy atom. The molecule has 0 aromatic rings. The van der Waals surface area contributed by atoms with Gasteiger partial charge in [0.2, 0.25) is 0 Å². The van der Waals surface area contributed by atoms with Gasteiger partial charge in [-0.15, -0.1) is 0 Å². The normalized spacial score (nSPS) is 30.0. The Bertz CT molecular complexity index is 331. The van der Waals surface area contributed by atoms with E-state index < -0.39 is 0 Å². The second-order valence-corrected chi connectivity index (χ2v) is 6.94. The fraction of sp³-hybridized carbons (Fsp3) is 0.944. The number of carbonyl (C=O) groups excluding carboxylic acids is 1. The molecular formula is C18H34O4. The summed E-state index contributed by atoms with van der Waals surface area (Å²) in [5.41, 5.74) is -0.234. The van der Waals surface area contributed by atoms with Crippen molar-refractivity contribution < 1.29 is 19.3 Å². The Hall–Kier alpha value is -0.610. The van der Waals surface area contributed by atoms with E-state index in [9.17, 15) is 4.79 Å². The maximum Gasteiger partial charge on any atom is 0.308 e. The van der Waals surface area contributed by atoms with E-state index in [1.165, 1.54) is 32.8 Å². The van der Waals surface area contributed by atoms with Crippen molar-refractivity contribution in [1.29, 1.82) is 0 Å². The SMILES string of the molecule is CCCCC(CC)C[C@]1(C)C[C@H](CC)[C@@H](CC(=O)OC)OO1. The van der Waals surface area contributed by atoms with Gasteiger partial charge in [-0.25, -0.2) is 9.78 Å². The second kappa shape index (κ2) is 9.51. The highest BCUT2D eigenvalue weighted by molar-refractivity contribution is 5.69. The molecule has 22 heavy (non-hydrogen) atoms. The molecule has 0 radical (unpaired) electrons. The second-order valence-electron chi connectivity index (χ2n) is 6.94. The van der Waals surface area contributed by atoms with Crippen LogP contribution >= 0.6 is 0 Å². The van der Waals surface area contributed by atoms with Crippen LogP contribution in [0.25, 0.3) is 0 Å². The summed E-state index contributed by atoms with van der Waals surface area (Å²) >= 11 is 0. The quantitative estimate of drug-likeness (QED) is 0.458. The van der Waals surface area contributed by atoms with E-state index >= 15 is 0 Å². The molecule has 1 rings (SSSR count). The van der Waals surface area contributed by atoms with Gasteiger partial charge in [0, 0.05) is 0 Å². The molecule has 1 aliphatic heterocycles. The first-order valence-electron chi connectivity index (χ1n) is 8.89. The molecule has 0 aromatic heterocycles. The predicted octanol–water partition coefficient (Wildman–Crippen LogP) is 4.66. The molecule has 130 valence electrons. The Morgan fingerprint density at radius 3 is 2.64 bits per heavy atom. The van der Waals surface area contributed by atoms with Gasteiger partial charge in [-0.05, 0) is 31.6 Å². The molecule has 1 unspecified atom stereocenters. The fourth-order valence-corrected chi connectivity index (χ4v) is 3.50. The van der Waals surface area contributed by atoms with E-state index in [1.807, 2.05) is 0 Å². The number of hydrogen-bond donors (Lipinski definition) is 0. The fourth-order valence-electron chi connectivity index (χ4n) is 3.50. The molecule has 0 N–H and O–H groups in total. The van der Waals surface area contributed by atoms with E-state index in [0.717, 1.165) is 19.3 Å². The molecule has 0 amide bonds. The number of ether oxygens (including phenoxy) is 1. The molecular weight excluding hydrogens is 280 g/mol. The first-order chi connectivity index (χ1) is 10.5. The number of unbranched alkanes of at least 4 members (excludes halogenated alkanes) is 1. The third-order valence-electron chi connectivity index (χ3n) is 4.98. The highest BCUT2D eigenvalue weighted by Gasteiger charge is 2.41. The number of esters is 1.